The largest absolute Gasteiger partial charge is 0.340 e. The number of rotatable bonds is 2. The third kappa shape index (κ3) is 2.72. The molecule has 2 aromatic heterocycles. The van der Waals surface area contributed by atoms with Gasteiger partial charge in [-0.1, -0.05) is 6.07 Å². The minimum atomic E-state index is 0.484. The van der Waals surface area contributed by atoms with E-state index in [1.165, 1.54) is 24.1 Å². The maximum absolute atomic E-state index is 4.56. The fourth-order valence-corrected chi connectivity index (χ4v) is 2.58. The fraction of sp³-hybridized carbons (Fsp3) is 0.400. The van der Waals surface area contributed by atoms with Crippen LogP contribution in [0.15, 0.2) is 36.8 Å². The number of aromatic nitrogens is 3. The van der Waals surface area contributed by atoms with Gasteiger partial charge in [0, 0.05) is 43.3 Å². The van der Waals surface area contributed by atoms with Crippen molar-refractivity contribution in [1.82, 2.24) is 15.0 Å². The first-order valence-corrected chi connectivity index (χ1v) is 6.77. The van der Waals surface area contributed by atoms with Crippen LogP contribution in [0.4, 0.5) is 5.95 Å². The van der Waals surface area contributed by atoms with Crippen molar-refractivity contribution in [3.63, 3.8) is 0 Å². The number of anilines is 1. The summed E-state index contributed by atoms with van der Waals surface area (Å²) in [4.78, 5) is 15.5. The van der Waals surface area contributed by atoms with Gasteiger partial charge in [0.25, 0.3) is 0 Å². The first-order valence-electron chi connectivity index (χ1n) is 6.77. The van der Waals surface area contributed by atoms with Gasteiger partial charge >= 0.3 is 0 Å². The summed E-state index contributed by atoms with van der Waals surface area (Å²) in [6.07, 6.45) is 7.91. The van der Waals surface area contributed by atoms with E-state index in [4.69, 9.17) is 0 Å². The van der Waals surface area contributed by atoms with Crippen molar-refractivity contribution in [2.45, 2.75) is 25.7 Å². The second-order valence-corrected chi connectivity index (χ2v) is 5.09. The van der Waals surface area contributed by atoms with E-state index in [-0.39, 0.29) is 0 Å². The van der Waals surface area contributed by atoms with Gasteiger partial charge in [0.2, 0.25) is 5.95 Å². The quantitative estimate of drug-likeness (QED) is 0.826. The van der Waals surface area contributed by atoms with Gasteiger partial charge in [0.15, 0.2) is 0 Å². The summed E-state index contributed by atoms with van der Waals surface area (Å²) in [5.74, 6) is 1.32. The molecule has 1 unspecified atom stereocenters. The Bertz CT molecular complexity index is 524. The van der Waals surface area contributed by atoms with Crippen molar-refractivity contribution >= 4 is 5.95 Å². The van der Waals surface area contributed by atoms with Gasteiger partial charge in [-0.2, -0.15) is 0 Å². The number of hydrogen-bond donors (Lipinski definition) is 0. The molecule has 1 aliphatic rings. The summed E-state index contributed by atoms with van der Waals surface area (Å²) in [6.45, 7) is 4.06. The molecule has 4 heteroatoms. The van der Waals surface area contributed by atoms with Gasteiger partial charge in [-0.15, -0.1) is 0 Å². The van der Waals surface area contributed by atoms with Gasteiger partial charge < -0.3 is 4.90 Å². The number of nitrogens with zero attached hydrogens (tertiary/aromatic N) is 4. The number of piperidine rings is 1. The van der Waals surface area contributed by atoms with E-state index >= 15 is 0 Å². The van der Waals surface area contributed by atoms with Crippen LogP contribution in [0.5, 0.6) is 0 Å². The highest BCUT2D eigenvalue weighted by atomic mass is 15.2. The molecule has 1 atom stereocenters. The molecule has 1 saturated heterocycles. The Morgan fingerprint density at radius 3 is 2.74 bits per heavy atom. The van der Waals surface area contributed by atoms with Crippen LogP contribution < -0.4 is 4.90 Å². The Labute approximate surface area is 113 Å². The summed E-state index contributed by atoms with van der Waals surface area (Å²) in [6, 6.07) is 6.14. The second-order valence-electron chi connectivity index (χ2n) is 5.09. The molecule has 0 aromatic carbocycles. The Balaban J connectivity index is 1.76. The Hall–Kier alpha value is -1.97. The van der Waals surface area contributed by atoms with Crippen molar-refractivity contribution in [3.8, 4) is 0 Å². The highest BCUT2D eigenvalue weighted by Crippen LogP contribution is 2.27. The number of hydrogen-bond acceptors (Lipinski definition) is 4. The standard InChI is InChI=1S/C15H18N4/c1-12-5-6-14(18-10-12)13-4-2-9-19(11-13)15-16-7-3-8-17-15/h3,5-8,10,13H,2,4,9,11H2,1H3. The Morgan fingerprint density at radius 1 is 1.16 bits per heavy atom. The molecular weight excluding hydrogens is 236 g/mol. The highest BCUT2D eigenvalue weighted by Gasteiger charge is 2.23. The van der Waals surface area contributed by atoms with Crippen LogP contribution in [-0.4, -0.2) is 28.0 Å². The van der Waals surface area contributed by atoms with Crippen LogP contribution in [0.25, 0.3) is 0 Å². The lowest BCUT2D eigenvalue weighted by atomic mass is 9.94. The van der Waals surface area contributed by atoms with Crippen LogP contribution in [0.1, 0.15) is 30.0 Å². The molecule has 1 fully saturated rings. The van der Waals surface area contributed by atoms with E-state index in [2.05, 4.69) is 38.9 Å². The lowest BCUT2D eigenvalue weighted by Gasteiger charge is -2.32. The molecule has 1 aliphatic heterocycles. The molecule has 2 aromatic rings. The first kappa shape index (κ1) is 12.1. The fourth-order valence-electron chi connectivity index (χ4n) is 2.58. The zero-order valence-corrected chi connectivity index (χ0v) is 11.2. The van der Waals surface area contributed by atoms with Crippen molar-refractivity contribution in [2.75, 3.05) is 18.0 Å². The lowest BCUT2D eigenvalue weighted by molar-refractivity contribution is 0.495. The molecule has 4 nitrogen and oxygen atoms in total. The molecule has 0 aliphatic carbocycles. The highest BCUT2D eigenvalue weighted by molar-refractivity contribution is 5.31. The van der Waals surface area contributed by atoms with Gasteiger partial charge in [0.1, 0.15) is 0 Å². The van der Waals surface area contributed by atoms with Gasteiger partial charge in [-0.3, -0.25) is 4.98 Å². The number of aryl methyl sites for hydroxylation is 1. The SMILES string of the molecule is Cc1ccc(C2CCCN(c3ncccn3)C2)nc1. The summed E-state index contributed by atoms with van der Waals surface area (Å²) in [7, 11) is 0. The average molecular weight is 254 g/mol. The predicted octanol–water partition coefficient (Wildman–Crippen LogP) is 2.56. The van der Waals surface area contributed by atoms with Gasteiger partial charge in [0.05, 0.1) is 0 Å². The minimum absolute atomic E-state index is 0.484. The van der Waals surface area contributed by atoms with E-state index in [1.54, 1.807) is 12.4 Å². The molecule has 3 rings (SSSR count). The molecule has 0 amide bonds. The normalized spacial score (nSPS) is 19.4. The van der Waals surface area contributed by atoms with Crippen molar-refractivity contribution in [3.05, 3.63) is 48.0 Å². The summed E-state index contributed by atoms with van der Waals surface area (Å²) >= 11 is 0. The summed E-state index contributed by atoms with van der Waals surface area (Å²) in [5.41, 5.74) is 2.40. The lowest BCUT2D eigenvalue weighted by Crippen LogP contribution is -2.35. The second kappa shape index (κ2) is 5.34. The molecule has 3 heterocycles. The maximum Gasteiger partial charge on any atom is 0.225 e. The van der Waals surface area contributed by atoms with Crippen LogP contribution in [-0.2, 0) is 0 Å². The summed E-state index contributed by atoms with van der Waals surface area (Å²) < 4.78 is 0. The monoisotopic (exact) mass is 254 g/mol. The van der Waals surface area contributed by atoms with Crippen molar-refractivity contribution in [2.24, 2.45) is 0 Å². The van der Waals surface area contributed by atoms with E-state index in [9.17, 15) is 0 Å². The van der Waals surface area contributed by atoms with Crippen LogP contribution in [0, 0.1) is 6.92 Å². The average Bonchev–Trinajstić information content (AvgIpc) is 2.49. The van der Waals surface area contributed by atoms with Crippen molar-refractivity contribution < 1.29 is 0 Å². The summed E-state index contributed by atoms with van der Waals surface area (Å²) in [5, 5.41) is 0. The van der Waals surface area contributed by atoms with E-state index in [0.29, 0.717) is 5.92 Å². The van der Waals surface area contributed by atoms with Crippen LogP contribution in [0.2, 0.25) is 0 Å². The zero-order chi connectivity index (χ0) is 13.1. The first-order chi connectivity index (χ1) is 9.33. The van der Waals surface area contributed by atoms with Gasteiger partial charge in [-0.25, -0.2) is 9.97 Å². The predicted molar refractivity (Wildman–Crippen MR) is 75.2 cm³/mol. The number of pyridine rings is 1. The van der Waals surface area contributed by atoms with E-state index in [1.807, 2.05) is 12.3 Å². The van der Waals surface area contributed by atoms with Crippen molar-refractivity contribution in [1.29, 1.82) is 0 Å². The Morgan fingerprint density at radius 2 is 2.00 bits per heavy atom. The molecule has 19 heavy (non-hydrogen) atoms. The third-order valence-corrected chi connectivity index (χ3v) is 3.61. The van der Waals surface area contributed by atoms with Crippen LogP contribution >= 0.6 is 0 Å². The van der Waals surface area contributed by atoms with Crippen LogP contribution in [0.3, 0.4) is 0 Å². The molecule has 98 valence electrons. The molecule has 0 saturated carbocycles. The molecule has 0 bridgehead atoms. The maximum atomic E-state index is 4.56. The molecule has 0 radical (unpaired) electrons. The zero-order valence-electron chi connectivity index (χ0n) is 11.2. The van der Waals surface area contributed by atoms with E-state index in [0.717, 1.165) is 19.0 Å². The topological polar surface area (TPSA) is 41.9 Å². The Kier molecular flexibility index (Phi) is 3.40. The third-order valence-electron chi connectivity index (χ3n) is 3.61. The molecule has 0 spiro atoms. The minimum Gasteiger partial charge on any atom is -0.340 e. The van der Waals surface area contributed by atoms with E-state index < -0.39 is 0 Å². The molecular formula is C15H18N4. The van der Waals surface area contributed by atoms with Gasteiger partial charge in [-0.05, 0) is 37.5 Å². The smallest absolute Gasteiger partial charge is 0.225 e. The molecule has 0 N–H and O–H groups in total.